The summed E-state index contributed by atoms with van der Waals surface area (Å²) in [5.41, 5.74) is -0.000824. The number of carbonyl (C=O) groups excluding carboxylic acids is 1. The molecule has 124 valence electrons. The Bertz CT molecular complexity index is 669. The summed E-state index contributed by atoms with van der Waals surface area (Å²) < 4.78 is 27.5. The molecule has 0 spiro atoms. The smallest absolute Gasteiger partial charge is 0.271 e. The van der Waals surface area contributed by atoms with E-state index < -0.39 is 11.6 Å². The van der Waals surface area contributed by atoms with E-state index in [2.05, 4.69) is 15.6 Å². The highest BCUT2D eigenvalue weighted by molar-refractivity contribution is 7.13. The van der Waals surface area contributed by atoms with E-state index in [4.69, 9.17) is 0 Å². The van der Waals surface area contributed by atoms with Gasteiger partial charge in [0, 0.05) is 18.0 Å². The molecule has 1 fully saturated rings. The Hall–Kier alpha value is -1.57. The fourth-order valence-electron chi connectivity index (χ4n) is 2.43. The molecule has 8 heteroatoms. The summed E-state index contributed by atoms with van der Waals surface area (Å²) in [6.45, 7) is 1.68. The fraction of sp³-hybridized carbons (Fsp3) is 0.333. The molecule has 2 aromatic rings. The van der Waals surface area contributed by atoms with Gasteiger partial charge in [-0.2, -0.15) is 0 Å². The molecule has 1 aromatic carbocycles. The molecule has 2 N–H and O–H groups in total. The number of nitrogens with zero attached hydrogens (tertiary/aromatic N) is 1. The van der Waals surface area contributed by atoms with Crippen molar-refractivity contribution in [2.75, 3.05) is 13.1 Å². The lowest BCUT2D eigenvalue weighted by atomic mass is 10.1. The predicted molar refractivity (Wildman–Crippen MR) is 88.1 cm³/mol. The molecule has 23 heavy (non-hydrogen) atoms. The average molecular weight is 360 g/mol. The number of piperidine rings is 1. The van der Waals surface area contributed by atoms with Crippen LogP contribution in [-0.2, 0) is 0 Å². The molecule has 1 aliphatic heterocycles. The predicted octanol–water partition coefficient (Wildman–Crippen LogP) is 2.99. The van der Waals surface area contributed by atoms with Gasteiger partial charge in [0.15, 0.2) is 0 Å². The maximum absolute atomic E-state index is 13.7. The SMILES string of the molecule is Cl.O=C(N[C@H]1CCCNC1)c1csc(-c2c(F)cccc2F)n1. The number of rotatable bonds is 3. The third-order valence-electron chi connectivity index (χ3n) is 3.55. The topological polar surface area (TPSA) is 54.0 Å². The van der Waals surface area contributed by atoms with Gasteiger partial charge in [0.25, 0.3) is 5.91 Å². The van der Waals surface area contributed by atoms with Crippen molar-refractivity contribution in [3.63, 3.8) is 0 Å². The lowest BCUT2D eigenvalue weighted by Crippen LogP contribution is -2.45. The van der Waals surface area contributed by atoms with Crippen molar-refractivity contribution in [1.82, 2.24) is 15.6 Å². The number of hydrogen-bond donors (Lipinski definition) is 2. The van der Waals surface area contributed by atoms with Gasteiger partial charge in [-0.1, -0.05) is 6.07 Å². The fourth-order valence-corrected chi connectivity index (χ4v) is 3.28. The number of nitrogens with one attached hydrogen (secondary N) is 2. The number of aromatic nitrogens is 1. The van der Waals surface area contributed by atoms with Gasteiger partial charge in [-0.25, -0.2) is 13.8 Å². The molecule has 3 rings (SSSR count). The van der Waals surface area contributed by atoms with Crippen molar-refractivity contribution < 1.29 is 13.6 Å². The zero-order chi connectivity index (χ0) is 15.5. The second-order valence-corrected chi connectivity index (χ2v) is 6.01. The van der Waals surface area contributed by atoms with Crippen LogP contribution in [0.2, 0.25) is 0 Å². The van der Waals surface area contributed by atoms with Crippen molar-refractivity contribution in [2.45, 2.75) is 18.9 Å². The summed E-state index contributed by atoms with van der Waals surface area (Å²) in [7, 11) is 0. The third kappa shape index (κ3) is 4.04. The van der Waals surface area contributed by atoms with Crippen molar-refractivity contribution in [1.29, 1.82) is 0 Å². The number of carbonyl (C=O) groups is 1. The molecular formula is C15H16ClF2N3OS. The standard InChI is InChI=1S/C15H15F2N3OS.ClH/c16-10-4-1-5-11(17)13(10)15-20-12(8-22-15)14(21)19-9-3-2-6-18-7-9;/h1,4-5,8-9,18H,2-3,6-7H2,(H,19,21);1H/t9-;/m0./s1. The Morgan fingerprint density at radius 2 is 2.09 bits per heavy atom. The molecule has 0 radical (unpaired) electrons. The molecule has 1 atom stereocenters. The van der Waals surface area contributed by atoms with Gasteiger partial charge in [-0.3, -0.25) is 4.79 Å². The van der Waals surface area contributed by atoms with Crippen molar-refractivity contribution >= 4 is 29.7 Å². The van der Waals surface area contributed by atoms with Crippen LogP contribution in [0.4, 0.5) is 8.78 Å². The highest BCUT2D eigenvalue weighted by Crippen LogP contribution is 2.28. The van der Waals surface area contributed by atoms with E-state index >= 15 is 0 Å². The van der Waals surface area contributed by atoms with Crippen LogP contribution >= 0.6 is 23.7 Å². The van der Waals surface area contributed by atoms with E-state index in [0.717, 1.165) is 37.3 Å². The summed E-state index contributed by atoms with van der Waals surface area (Å²) in [6, 6.07) is 3.71. The first kappa shape index (κ1) is 17.8. The maximum atomic E-state index is 13.7. The lowest BCUT2D eigenvalue weighted by molar-refractivity contribution is 0.0926. The molecule has 2 heterocycles. The average Bonchev–Trinajstić information content (AvgIpc) is 2.98. The van der Waals surface area contributed by atoms with Crippen molar-refractivity contribution in [2.24, 2.45) is 0 Å². The van der Waals surface area contributed by atoms with E-state index in [1.807, 2.05) is 0 Å². The molecule has 4 nitrogen and oxygen atoms in total. The number of benzene rings is 1. The first-order chi connectivity index (χ1) is 10.6. The first-order valence-corrected chi connectivity index (χ1v) is 7.94. The molecule has 0 aliphatic carbocycles. The van der Waals surface area contributed by atoms with Gasteiger partial charge in [0.1, 0.15) is 22.3 Å². The van der Waals surface area contributed by atoms with Crippen LogP contribution in [0.25, 0.3) is 10.6 Å². The van der Waals surface area contributed by atoms with Gasteiger partial charge >= 0.3 is 0 Å². The first-order valence-electron chi connectivity index (χ1n) is 7.06. The second-order valence-electron chi connectivity index (χ2n) is 5.15. The number of amides is 1. The summed E-state index contributed by atoms with van der Waals surface area (Å²) in [5.74, 6) is -1.68. The van der Waals surface area contributed by atoms with Crippen LogP contribution in [0.3, 0.4) is 0 Å². The molecular weight excluding hydrogens is 344 g/mol. The van der Waals surface area contributed by atoms with Crippen molar-refractivity contribution in [3.8, 4) is 10.6 Å². The molecule has 0 saturated carbocycles. The van der Waals surface area contributed by atoms with Crippen LogP contribution in [0.1, 0.15) is 23.3 Å². The van der Waals surface area contributed by atoms with Crippen LogP contribution in [0, 0.1) is 11.6 Å². The highest BCUT2D eigenvalue weighted by atomic mass is 35.5. The zero-order valence-corrected chi connectivity index (χ0v) is 13.8. The molecule has 0 unspecified atom stereocenters. The summed E-state index contributed by atoms with van der Waals surface area (Å²) in [6.07, 6.45) is 1.92. The summed E-state index contributed by atoms with van der Waals surface area (Å²) in [4.78, 5) is 16.2. The Balaban J connectivity index is 0.00000192. The van der Waals surface area contributed by atoms with Gasteiger partial charge in [0.2, 0.25) is 0 Å². The van der Waals surface area contributed by atoms with Crippen molar-refractivity contribution in [3.05, 3.63) is 40.9 Å². The minimum atomic E-state index is -0.683. The largest absolute Gasteiger partial charge is 0.347 e. The van der Waals surface area contributed by atoms with Crippen LogP contribution in [-0.4, -0.2) is 30.0 Å². The normalized spacial score (nSPS) is 17.4. The van der Waals surface area contributed by atoms with E-state index in [9.17, 15) is 13.6 Å². The van der Waals surface area contributed by atoms with Crippen LogP contribution in [0.5, 0.6) is 0 Å². The summed E-state index contributed by atoms with van der Waals surface area (Å²) >= 11 is 1.05. The number of hydrogen-bond acceptors (Lipinski definition) is 4. The van der Waals surface area contributed by atoms with E-state index in [-0.39, 0.29) is 40.6 Å². The molecule has 1 saturated heterocycles. The summed E-state index contributed by atoms with van der Waals surface area (Å²) in [5, 5.41) is 7.78. The minimum Gasteiger partial charge on any atom is -0.347 e. The van der Waals surface area contributed by atoms with Gasteiger partial charge in [0.05, 0.1) is 5.56 Å². The molecule has 1 amide bonds. The number of thiazole rings is 1. The zero-order valence-electron chi connectivity index (χ0n) is 12.1. The number of halogens is 3. The van der Waals surface area contributed by atoms with Crippen LogP contribution < -0.4 is 10.6 Å². The van der Waals surface area contributed by atoms with Gasteiger partial charge in [-0.15, -0.1) is 23.7 Å². The molecule has 1 aliphatic rings. The maximum Gasteiger partial charge on any atom is 0.271 e. The minimum absolute atomic E-state index is 0. The Kier molecular flexibility index (Phi) is 6.04. The van der Waals surface area contributed by atoms with Gasteiger partial charge < -0.3 is 10.6 Å². The molecule has 1 aromatic heterocycles. The Morgan fingerprint density at radius 1 is 1.35 bits per heavy atom. The van der Waals surface area contributed by atoms with E-state index in [0.29, 0.717) is 0 Å². The Labute approximate surface area is 142 Å². The van der Waals surface area contributed by atoms with E-state index in [1.165, 1.54) is 23.6 Å². The monoisotopic (exact) mass is 359 g/mol. The lowest BCUT2D eigenvalue weighted by Gasteiger charge is -2.23. The van der Waals surface area contributed by atoms with Crippen LogP contribution in [0.15, 0.2) is 23.6 Å². The quantitative estimate of drug-likeness (QED) is 0.885. The third-order valence-corrected chi connectivity index (χ3v) is 4.41. The highest BCUT2D eigenvalue weighted by Gasteiger charge is 2.20. The van der Waals surface area contributed by atoms with E-state index in [1.54, 1.807) is 0 Å². The molecule has 0 bridgehead atoms. The second kappa shape index (κ2) is 7.81. The van der Waals surface area contributed by atoms with Gasteiger partial charge in [-0.05, 0) is 31.5 Å². The Morgan fingerprint density at radius 3 is 2.74 bits per heavy atom.